The Bertz CT molecular complexity index is 113. The quantitative estimate of drug-likeness (QED) is 0.631. The molecule has 2 aliphatic heterocycles. The van der Waals surface area contributed by atoms with Crippen LogP contribution in [0.2, 0.25) is 0 Å². The van der Waals surface area contributed by atoms with Crippen LogP contribution in [0.1, 0.15) is 38.5 Å². The molecule has 0 aliphatic carbocycles. The molecular weight excluding hydrogens is 352 g/mol. The maximum absolute atomic E-state index is 4.66. The Balaban J connectivity index is 0.000000845. The van der Waals surface area contributed by atoms with Crippen LogP contribution in [-0.4, -0.2) is 25.2 Å². The zero-order chi connectivity index (χ0) is 8.23. The van der Waals surface area contributed by atoms with Crippen LogP contribution in [0, 0.1) is 7.43 Å². The van der Waals surface area contributed by atoms with Gasteiger partial charge in [0.2, 0.25) is 0 Å². The summed E-state index contributed by atoms with van der Waals surface area (Å²) in [5.74, 6) is 0. The number of nitrogens with zero attached hydrogens (tertiary/aromatic N) is 2. The normalized spacial score (nSPS) is 32.6. The Morgan fingerprint density at radius 3 is 1.43 bits per heavy atom. The van der Waals surface area contributed by atoms with Crippen molar-refractivity contribution in [3.63, 3.8) is 0 Å². The van der Waals surface area contributed by atoms with E-state index >= 15 is 0 Å². The van der Waals surface area contributed by atoms with Gasteiger partial charge in [0.05, 0.1) is 0 Å². The third-order valence-corrected chi connectivity index (χ3v) is 2.99. The third-order valence-electron chi connectivity index (χ3n) is 2.99. The average Bonchev–Trinajstić information content (AvgIpc) is 2.21. The van der Waals surface area contributed by atoms with Crippen LogP contribution in [-0.2, 0) is 20.1 Å². The Hall–Kier alpha value is 0.569. The van der Waals surface area contributed by atoms with E-state index in [9.17, 15) is 0 Å². The molecule has 0 aromatic rings. The van der Waals surface area contributed by atoms with E-state index in [1.165, 1.54) is 38.5 Å². The van der Waals surface area contributed by atoms with Gasteiger partial charge in [0.15, 0.2) is 0 Å². The van der Waals surface area contributed by atoms with Crippen molar-refractivity contribution in [1.29, 1.82) is 0 Å². The van der Waals surface area contributed by atoms with Crippen LogP contribution in [0.15, 0.2) is 0 Å². The average molecular weight is 374 g/mol. The van der Waals surface area contributed by atoms with Crippen LogP contribution in [0.3, 0.4) is 0 Å². The first-order valence-corrected chi connectivity index (χ1v) is 5.30. The van der Waals surface area contributed by atoms with E-state index < -0.39 is 0 Å². The summed E-state index contributed by atoms with van der Waals surface area (Å²) in [5.41, 5.74) is 0. The van der Waals surface area contributed by atoms with Crippen molar-refractivity contribution in [1.82, 2.24) is 0 Å². The summed E-state index contributed by atoms with van der Waals surface area (Å²) in [4.78, 5) is 0. The molecule has 2 atom stereocenters. The molecule has 0 spiro atoms. The molecule has 2 unspecified atom stereocenters. The second kappa shape index (κ2) is 7.81. The fraction of sp³-hybridized carbons (Fsp3) is 0.909. The number of piperidine rings is 2. The van der Waals surface area contributed by atoms with Crippen molar-refractivity contribution < 1.29 is 20.1 Å². The molecule has 84 valence electrons. The second-order valence-corrected chi connectivity index (χ2v) is 3.94. The van der Waals surface area contributed by atoms with Crippen LogP contribution in [0.5, 0.6) is 0 Å². The standard InChI is InChI=1S/C10H18N2.CH3.Ir/c1-3-7-11-9(5-1)10-6-2-4-8-12-10;;/h9-10H,1-8H2;1H3;/q-2;-1;+3. The predicted molar refractivity (Wildman–Crippen MR) is 58.1 cm³/mol. The van der Waals surface area contributed by atoms with Gasteiger partial charge in [0.1, 0.15) is 0 Å². The Kier molecular flexibility index (Phi) is 8.13. The number of hydrogen-bond acceptors (Lipinski definition) is 0. The van der Waals surface area contributed by atoms with Crippen molar-refractivity contribution in [2.45, 2.75) is 50.6 Å². The van der Waals surface area contributed by atoms with Crippen molar-refractivity contribution in [2.24, 2.45) is 0 Å². The molecule has 0 radical (unpaired) electrons. The molecule has 0 amide bonds. The van der Waals surface area contributed by atoms with Crippen molar-refractivity contribution in [3.8, 4) is 0 Å². The summed E-state index contributed by atoms with van der Waals surface area (Å²) in [6.45, 7) is 2.19. The molecule has 2 heterocycles. The predicted octanol–water partition coefficient (Wildman–Crippen LogP) is 3.29. The van der Waals surface area contributed by atoms with Crippen LogP contribution in [0.4, 0.5) is 0 Å². The molecule has 2 saturated heterocycles. The molecule has 0 bridgehead atoms. The Morgan fingerprint density at radius 2 is 1.14 bits per heavy atom. The molecular formula is C11H21IrN2. The topological polar surface area (TPSA) is 28.2 Å². The number of hydrogen-bond donors (Lipinski definition) is 0. The summed E-state index contributed by atoms with van der Waals surface area (Å²) in [6.07, 6.45) is 7.97. The van der Waals surface area contributed by atoms with Gasteiger partial charge in [-0.2, -0.15) is 12.1 Å². The molecule has 2 fully saturated rings. The summed E-state index contributed by atoms with van der Waals surface area (Å²) >= 11 is 0. The zero-order valence-electron chi connectivity index (χ0n) is 9.04. The molecule has 0 saturated carbocycles. The maximum Gasteiger partial charge on any atom is 3.00 e. The van der Waals surface area contributed by atoms with Crippen LogP contribution < -0.4 is 0 Å². The van der Waals surface area contributed by atoms with E-state index in [0.717, 1.165) is 13.1 Å². The molecule has 0 N–H and O–H groups in total. The molecule has 2 nitrogen and oxygen atoms in total. The summed E-state index contributed by atoms with van der Waals surface area (Å²) in [6, 6.07) is 1.19. The van der Waals surface area contributed by atoms with E-state index in [1.54, 1.807) is 0 Å². The van der Waals surface area contributed by atoms with Gasteiger partial charge in [-0.1, -0.05) is 38.5 Å². The first kappa shape index (κ1) is 14.6. The van der Waals surface area contributed by atoms with Gasteiger partial charge in [0, 0.05) is 0 Å². The molecule has 2 rings (SSSR count). The minimum absolute atomic E-state index is 0. The molecule has 3 heteroatoms. The molecule has 2 aliphatic rings. The van der Waals surface area contributed by atoms with E-state index in [1.807, 2.05) is 0 Å². The maximum atomic E-state index is 4.66. The van der Waals surface area contributed by atoms with Crippen molar-refractivity contribution in [3.05, 3.63) is 18.1 Å². The van der Waals surface area contributed by atoms with E-state index in [4.69, 9.17) is 0 Å². The fourth-order valence-corrected chi connectivity index (χ4v) is 2.26. The SMILES string of the molecule is C1CCC(C2CCCC[N-]2)[N-]C1.[CH3-].[Ir+3]. The fourth-order valence-electron chi connectivity index (χ4n) is 2.26. The Labute approximate surface area is 102 Å². The minimum atomic E-state index is 0. The van der Waals surface area contributed by atoms with Gasteiger partial charge in [0.25, 0.3) is 0 Å². The molecule has 0 aromatic heterocycles. The van der Waals surface area contributed by atoms with Gasteiger partial charge < -0.3 is 18.1 Å². The van der Waals surface area contributed by atoms with Gasteiger partial charge in [-0.25, -0.2) is 0 Å². The first-order chi connectivity index (χ1) is 5.97. The summed E-state index contributed by atoms with van der Waals surface area (Å²) in [5, 5.41) is 9.32. The van der Waals surface area contributed by atoms with E-state index in [-0.39, 0.29) is 27.5 Å². The van der Waals surface area contributed by atoms with Gasteiger partial charge in [-0.15, -0.1) is 13.1 Å². The number of rotatable bonds is 1. The zero-order valence-corrected chi connectivity index (χ0v) is 11.4. The molecule has 14 heavy (non-hydrogen) atoms. The largest absolute Gasteiger partial charge is 3.00 e. The molecule has 0 aromatic carbocycles. The Morgan fingerprint density at radius 1 is 0.714 bits per heavy atom. The van der Waals surface area contributed by atoms with Crippen molar-refractivity contribution in [2.75, 3.05) is 13.1 Å². The summed E-state index contributed by atoms with van der Waals surface area (Å²) < 4.78 is 0. The van der Waals surface area contributed by atoms with Crippen molar-refractivity contribution >= 4 is 0 Å². The second-order valence-electron chi connectivity index (χ2n) is 3.94. The van der Waals surface area contributed by atoms with E-state index in [0.29, 0.717) is 12.1 Å². The van der Waals surface area contributed by atoms with Gasteiger partial charge in [-0.3, -0.25) is 0 Å². The smallest absolute Gasteiger partial charge is 0.661 e. The van der Waals surface area contributed by atoms with Gasteiger partial charge in [-0.05, 0) is 0 Å². The monoisotopic (exact) mass is 374 g/mol. The first-order valence-electron chi connectivity index (χ1n) is 5.30. The van der Waals surface area contributed by atoms with Crippen LogP contribution >= 0.6 is 0 Å². The minimum Gasteiger partial charge on any atom is -0.661 e. The van der Waals surface area contributed by atoms with Gasteiger partial charge >= 0.3 is 20.1 Å². The van der Waals surface area contributed by atoms with E-state index in [2.05, 4.69) is 10.6 Å². The summed E-state index contributed by atoms with van der Waals surface area (Å²) in [7, 11) is 0. The third kappa shape index (κ3) is 3.98. The van der Waals surface area contributed by atoms with Crippen LogP contribution in [0.25, 0.3) is 10.6 Å².